The summed E-state index contributed by atoms with van der Waals surface area (Å²) in [5, 5.41) is 5.56. The van der Waals surface area contributed by atoms with Gasteiger partial charge in [-0.15, -0.1) is 0 Å². The van der Waals surface area contributed by atoms with Gasteiger partial charge < -0.3 is 20.1 Å². The molecule has 0 saturated heterocycles. The van der Waals surface area contributed by atoms with E-state index in [4.69, 9.17) is 9.47 Å². The van der Waals surface area contributed by atoms with Gasteiger partial charge in [-0.25, -0.2) is 4.79 Å². The molecule has 0 aliphatic heterocycles. The Labute approximate surface area is 129 Å². The Bertz CT molecular complexity index is 595. The molecule has 6 heteroatoms. The molecule has 0 bridgehead atoms. The van der Waals surface area contributed by atoms with Crippen LogP contribution in [0.25, 0.3) is 0 Å². The maximum atomic E-state index is 11.8. The van der Waals surface area contributed by atoms with Crippen LogP contribution in [0.5, 0.6) is 11.5 Å². The standard InChI is InChI=1S/C16H19N3O3/c1-21-14-6-13(7-15(8-14)22-2)11-19-16(20)18-10-12-4-3-5-17-9-12/h3-9H,10-11H2,1-2H3,(H2,18,19,20). The van der Waals surface area contributed by atoms with Crippen LogP contribution >= 0.6 is 0 Å². The van der Waals surface area contributed by atoms with Gasteiger partial charge in [0.2, 0.25) is 0 Å². The van der Waals surface area contributed by atoms with Crippen molar-refractivity contribution in [2.24, 2.45) is 0 Å². The fourth-order valence-corrected chi connectivity index (χ4v) is 1.90. The summed E-state index contributed by atoms with van der Waals surface area (Å²) in [6.07, 6.45) is 3.41. The molecule has 2 aromatic rings. The summed E-state index contributed by atoms with van der Waals surface area (Å²) in [4.78, 5) is 15.8. The van der Waals surface area contributed by atoms with E-state index in [9.17, 15) is 4.79 Å². The van der Waals surface area contributed by atoms with E-state index in [2.05, 4.69) is 15.6 Å². The lowest BCUT2D eigenvalue weighted by Crippen LogP contribution is -2.34. The molecular weight excluding hydrogens is 282 g/mol. The summed E-state index contributed by atoms with van der Waals surface area (Å²) in [7, 11) is 3.18. The first-order chi connectivity index (χ1) is 10.7. The van der Waals surface area contributed by atoms with Crippen molar-refractivity contribution in [2.75, 3.05) is 14.2 Å². The van der Waals surface area contributed by atoms with Crippen molar-refractivity contribution >= 4 is 6.03 Å². The van der Waals surface area contributed by atoms with E-state index < -0.39 is 0 Å². The minimum absolute atomic E-state index is 0.245. The van der Waals surface area contributed by atoms with Gasteiger partial charge in [-0.2, -0.15) is 0 Å². The largest absolute Gasteiger partial charge is 0.497 e. The third kappa shape index (κ3) is 4.66. The van der Waals surface area contributed by atoms with Crippen molar-refractivity contribution in [3.8, 4) is 11.5 Å². The molecule has 0 aliphatic carbocycles. The summed E-state index contributed by atoms with van der Waals surface area (Å²) >= 11 is 0. The van der Waals surface area contributed by atoms with Gasteiger partial charge in [-0.05, 0) is 29.3 Å². The van der Waals surface area contributed by atoms with Gasteiger partial charge in [0.1, 0.15) is 11.5 Å². The molecule has 1 aromatic heterocycles. The van der Waals surface area contributed by atoms with Gasteiger partial charge in [-0.3, -0.25) is 4.98 Å². The zero-order valence-corrected chi connectivity index (χ0v) is 12.6. The normalized spacial score (nSPS) is 9.91. The molecule has 22 heavy (non-hydrogen) atoms. The molecule has 0 unspecified atom stereocenters. The molecule has 0 saturated carbocycles. The SMILES string of the molecule is COc1cc(CNC(=O)NCc2cccnc2)cc(OC)c1. The van der Waals surface area contributed by atoms with Crippen LogP contribution in [0.4, 0.5) is 4.79 Å². The van der Waals surface area contributed by atoms with Gasteiger partial charge in [0.15, 0.2) is 0 Å². The number of urea groups is 1. The number of carbonyl (C=O) groups excluding carboxylic acids is 1. The highest BCUT2D eigenvalue weighted by Crippen LogP contribution is 2.22. The smallest absolute Gasteiger partial charge is 0.315 e. The minimum Gasteiger partial charge on any atom is -0.497 e. The second-order valence-electron chi connectivity index (χ2n) is 4.62. The maximum absolute atomic E-state index is 11.8. The third-order valence-corrected chi connectivity index (χ3v) is 3.04. The van der Waals surface area contributed by atoms with Crippen LogP contribution in [-0.4, -0.2) is 25.2 Å². The Morgan fingerprint density at radius 1 is 1.05 bits per heavy atom. The first-order valence-corrected chi connectivity index (χ1v) is 6.84. The van der Waals surface area contributed by atoms with Gasteiger partial charge >= 0.3 is 6.03 Å². The van der Waals surface area contributed by atoms with Crippen LogP contribution in [0.3, 0.4) is 0 Å². The molecule has 0 spiro atoms. The van der Waals surface area contributed by atoms with E-state index in [1.807, 2.05) is 24.3 Å². The molecule has 2 rings (SSSR count). The van der Waals surface area contributed by atoms with Crippen LogP contribution in [0.1, 0.15) is 11.1 Å². The van der Waals surface area contributed by atoms with Crippen LogP contribution in [0, 0.1) is 0 Å². The van der Waals surface area contributed by atoms with Crippen molar-refractivity contribution in [1.82, 2.24) is 15.6 Å². The molecular formula is C16H19N3O3. The monoisotopic (exact) mass is 301 g/mol. The number of methoxy groups -OCH3 is 2. The molecule has 2 amide bonds. The molecule has 0 atom stereocenters. The minimum atomic E-state index is -0.245. The molecule has 0 aliphatic rings. The van der Waals surface area contributed by atoms with Crippen molar-refractivity contribution in [3.05, 3.63) is 53.9 Å². The van der Waals surface area contributed by atoms with E-state index in [1.165, 1.54) is 0 Å². The molecule has 6 nitrogen and oxygen atoms in total. The van der Waals surface area contributed by atoms with Crippen LogP contribution in [0.15, 0.2) is 42.7 Å². The highest BCUT2D eigenvalue weighted by molar-refractivity contribution is 5.73. The van der Waals surface area contributed by atoms with E-state index in [0.717, 1.165) is 11.1 Å². The maximum Gasteiger partial charge on any atom is 0.315 e. The average molecular weight is 301 g/mol. The number of nitrogens with one attached hydrogen (secondary N) is 2. The summed E-state index contributed by atoms with van der Waals surface area (Å²) in [6, 6.07) is 8.97. The summed E-state index contributed by atoms with van der Waals surface area (Å²) in [6.45, 7) is 0.813. The van der Waals surface area contributed by atoms with Gasteiger partial charge in [0.25, 0.3) is 0 Å². The number of aromatic nitrogens is 1. The zero-order chi connectivity index (χ0) is 15.8. The first kappa shape index (κ1) is 15.6. The van der Waals surface area contributed by atoms with Gasteiger partial charge in [0, 0.05) is 31.5 Å². The molecule has 2 N–H and O–H groups in total. The van der Waals surface area contributed by atoms with Crippen molar-refractivity contribution in [1.29, 1.82) is 0 Å². The fraction of sp³-hybridized carbons (Fsp3) is 0.250. The summed E-state index contributed by atoms with van der Waals surface area (Å²) in [5.74, 6) is 1.37. The number of ether oxygens (including phenoxy) is 2. The lowest BCUT2D eigenvalue weighted by Gasteiger charge is -2.10. The second kappa shape index (κ2) is 7.87. The number of amides is 2. The zero-order valence-electron chi connectivity index (χ0n) is 12.6. The lowest BCUT2D eigenvalue weighted by molar-refractivity contribution is 0.240. The summed E-state index contributed by atoms with van der Waals surface area (Å²) < 4.78 is 10.4. The number of hydrogen-bond acceptors (Lipinski definition) is 4. The van der Waals surface area contributed by atoms with E-state index in [0.29, 0.717) is 24.6 Å². The topological polar surface area (TPSA) is 72.5 Å². The Hall–Kier alpha value is -2.76. The Morgan fingerprint density at radius 2 is 1.68 bits per heavy atom. The molecule has 0 radical (unpaired) electrons. The van der Waals surface area contributed by atoms with Gasteiger partial charge in [-0.1, -0.05) is 6.07 Å². The number of benzene rings is 1. The Kier molecular flexibility index (Phi) is 5.59. The molecule has 116 valence electrons. The molecule has 1 heterocycles. The third-order valence-electron chi connectivity index (χ3n) is 3.04. The second-order valence-corrected chi connectivity index (χ2v) is 4.62. The predicted molar refractivity (Wildman–Crippen MR) is 82.9 cm³/mol. The molecule has 1 aromatic carbocycles. The van der Waals surface area contributed by atoms with Crippen molar-refractivity contribution in [3.63, 3.8) is 0 Å². The molecule has 0 fully saturated rings. The predicted octanol–water partition coefficient (Wildman–Crippen LogP) is 2.10. The quantitative estimate of drug-likeness (QED) is 0.857. The van der Waals surface area contributed by atoms with Crippen molar-refractivity contribution in [2.45, 2.75) is 13.1 Å². The first-order valence-electron chi connectivity index (χ1n) is 6.84. The number of hydrogen-bond donors (Lipinski definition) is 2. The highest BCUT2D eigenvalue weighted by Gasteiger charge is 2.04. The number of carbonyl (C=O) groups is 1. The Morgan fingerprint density at radius 3 is 2.23 bits per heavy atom. The highest BCUT2D eigenvalue weighted by atomic mass is 16.5. The van der Waals surface area contributed by atoms with E-state index in [1.54, 1.807) is 32.7 Å². The van der Waals surface area contributed by atoms with E-state index in [-0.39, 0.29) is 6.03 Å². The number of pyridine rings is 1. The van der Waals surface area contributed by atoms with Crippen LogP contribution in [-0.2, 0) is 13.1 Å². The van der Waals surface area contributed by atoms with E-state index >= 15 is 0 Å². The van der Waals surface area contributed by atoms with Crippen molar-refractivity contribution < 1.29 is 14.3 Å². The number of nitrogens with zero attached hydrogens (tertiary/aromatic N) is 1. The van der Waals surface area contributed by atoms with Crippen LogP contribution < -0.4 is 20.1 Å². The summed E-state index contributed by atoms with van der Waals surface area (Å²) in [5.41, 5.74) is 1.84. The Balaban J connectivity index is 1.85. The lowest BCUT2D eigenvalue weighted by atomic mass is 10.2. The van der Waals surface area contributed by atoms with Gasteiger partial charge in [0.05, 0.1) is 14.2 Å². The number of rotatable bonds is 6. The fourth-order valence-electron chi connectivity index (χ4n) is 1.90. The average Bonchev–Trinajstić information content (AvgIpc) is 2.58. The van der Waals surface area contributed by atoms with Crippen LogP contribution in [0.2, 0.25) is 0 Å².